The molecule has 3 aromatic rings. The lowest BCUT2D eigenvalue weighted by molar-refractivity contribution is 0.100. The molecule has 2 atom stereocenters. The summed E-state index contributed by atoms with van der Waals surface area (Å²) in [6, 6.07) is 9.95. The number of nitrogens with two attached hydrogens (primary N) is 2. The van der Waals surface area contributed by atoms with Crippen molar-refractivity contribution in [3.63, 3.8) is 0 Å². The number of anilines is 1. The quantitative estimate of drug-likeness (QED) is 0.601. The monoisotopic (exact) mass is 407 g/mol. The standard InChI is InChI=1S/C23H29N5O2/c1-22(2)19(8-9-23(22,3)25)27-20-17(21(24)29)12-26-28-13-15(11-18(20)28)14-6-5-7-16(10-14)30-4/h5-7,10-13,19,27H,8-9,25H2,1-4H3,(H2,24,29)/t19-,23+/m1/s1. The fraction of sp³-hybridized carbons (Fsp3) is 0.391. The van der Waals surface area contributed by atoms with Gasteiger partial charge in [0, 0.05) is 28.8 Å². The molecule has 5 N–H and O–H groups in total. The summed E-state index contributed by atoms with van der Waals surface area (Å²) in [5.41, 5.74) is 15.6. The number of hydrogen-bond donors (Lipinski definition) is 3. The third kappa shape index (κ3) is 3.19. The van der Waals surface area contributed by atoms with Crippen molar-refractivity contribution >= 4 is 17.1 Å². The minimum atomic E-state index is -0.511. The summed E-state index contributed by atoms with van der Waals surface area (Å²) >= 11 is 0. The maximum Gasteiger partial charge on any atom is 0.252 e. The Balaban J connectivity index is 1.82. The van der Waals surface area contributed by atoms with Crippen molar-refractivity contribution in [3.05, 3.63) is 48.3 Å². The Morgan fingerprint density at radius 3 is 2.67 bits per heavy atom. The Kier molecular flexibility index (Phi) is 4.73. The van der Waals surface area contributed by atoms with Crippen LogP contribution >= 0.6 is 0 Å². The van der Waals surface area contributed by atoms with Gasteiger partial charge in [-0.1, -0.05) is 26.0 Å². The highest BCUT2D eigenvalue weighted by Crippen LogP contribution is 2.46. The molecule has 0 bridgehead atoms. The van der Waals surface area contributed by atoms with Crippen molar-refractivity contribution in [1.82, 2.24) is 9.61 Å². The number of carbonyl (C=O) groups is 1. The maximum atomic E-state index is 12.2. The lowest BCUT2D eigenvalue weighted by Gasteiger charge is -2.39. The van der Waals surface area contributed by atoms with E-state index in [1.165, 1.54) is 6.20 Å². The number of nitrogens with zero attached hydrogens (tertiary/aromatic N) is 2. The van der Waals surface area contributed by atoms with Crippen molar-refractivity contribution in [1.29, 1.82) is 0 Å². The van der Waals surface area contributed by atoms with E-state index in [9.17, 15) is 4.79 Å². The number of amides is 1. The number of aromatic nitrogens is 2. The average Bonchev–Trinajstić information content (AvgIpc) is 3.22. The van der Waals surface area contributed by atoms with Crippen LogP contribution in [0, 0.1) is 5.41 Å². The van der Waals surface area contributed by atoms with Crippen molar-refractivity contribution in [2.75, 3.05) is 12.4 Å². The van der Waals surface area contributed by atoms with E-state index >= 15 is 0 Å². The van der Waals surface area contributed by atoms with Gasteiger partial charge in [0.05, 0.1) is 30.1 Å². The van der Waals surface area contributed by atoms with Crippen LogP contribution in [-0.4, -0.2) is 34.2 Å². The van der Waals surface area contributed by atoms with Gasteiger partial charge in [0.15, 0.2) is 0 Å². The van der Waals surface area contributed by atoms with E-state index in [1.807, 2.05) is 36.5 Å². The first-order valence-electron chi connectivity index (χ1n) is 10.1. The van der Waals surface area contributed by atoms with E-state index in [-0.39, 0.29) is 17.0 Å². The molecule has 0 spiro atoms. The molecule has 1 amide bonds. The van der Waals surface area contributed by atoms with Gasteiger partial charge in [-0.3, -0.25) is 4.79 Å². The average molecular weight is 408 g/mol. The lowest BCUT2D eigenvalue weighted by atomic mass is 9.75. The van der Waals surface area contributed by atoms with Gasteiger partial charge in [0.25, 0.3) is 5.91 Å². The van der Waals surface area contributed by atoms with Gasteiger partial charge in [0.1, 0.15) is 5.75 Å². The molecular weight excluding hydrogens is 378 g/mol. The molecule has 1 fully saturated rings. The fourth-order valence-corrected chi connectivity index (χ4v) is 4.31. The van der Waals surface area contributed by atoms with Gasteiger partial charge >= 0.3 is 0 Å². The first kappa shape index (κ1) is 20.2. The lowest BCUT2D eigenvalue weighted by Crippen LogP contribution is -2.51. The number of hydrogen-bond acceptors (Lipinski definition) is 5. The van der Waals surface area contributed by atoms with Crippen LogP contribution in [0.1, 0.15) is 44.0 Å². The molecule has 0 saturated heterocycles. The molecule has 1 aromatic carbocycles. The van der Waals surface area contributed by atoms with Crippen LogP contribution in [0.4, 0.5) is 5.69 Å². The summed E-state index contributed by atoms with van der Waals surface area (Å²) in [5.74, 6) is 0.268. The van der Waals surface area contributed by atoms with Gasteiger partial charge < -0.3 is 21.5 Å². The highest BCUT2D eigenvalue weighted by atomic mass is 16.5. The Morgan fingerprint density at radius 1 is 1.27 bits per heavy atom. The topological polar surface area (TPSA) is 108 Å². The molecule has 7 nitrogen and oxygen atoms in total. The first-order valence-corrected chi connectivity index (χ1v) is 10.1. The molecular formula is C23H29N5O2. The molecule has 0 aliphatic heterocycles. The Bertz CT molecular complexity index is 1120. The van der Waals surface area contributed by atoms with Gasteiger partial charge in [-0.15, -0.1) is 0 Å². The van der Waals surface area contributed by atoms with Crippen LogP contribution in [0.5, 0.6) is 5.75 Å². The number of carbonyl (C=O) groups excluding carboxylic acids is 1. The van der Waals surface area contributed by atoms with Crippen molar-refractivity contribution < 1.29 is 9.53 Å². The van der Waals surface area contributed by atoms with Crippen LogP contribution in [0.2, 0.25) is 0 Å². The predicted octanol–water partition coefficient (Wildman–Crippen LogP) is 3.43. The Morgan fingerprint density at radius 2 is 2.03 bits per heavy atom. The number of primary amides is 1. The van der Waals surface area contributed by atoms with E-state index in [2.05, 4.69) is 31.2 Å². The molecule has 1 aliphatic carbocycles. The summed E-state index contributed by atoms with van der Waals surface area (Å²) < 4.78 is 7.12. The number of rotatable bonds is 5. The van der Waals surface area contributed by atoms with Crippen molar-refractivity contribution in [2.24, 2.45) is 16.9 Å². The van der Waals surface area contributed by atoms with Crippen molar-refractivity contribution in [3.8, 4) is 16.9 Å². The largest absolute Gasteiger partial charge is 0.497 e. The highest BCUT2D eigenvalue weighted by molar-refractivity contribution is 6.02. The Labute approximate surface area is 176 Å². The Hall–Kier alpha value is -3.06. The number of fused-ring (bicyclic) bond motifs is 1. The molecule has 0 radical (unpaired) electrons. The van der Waals surface area contributed by atoms with Crippen LogP contribution in [0.25, 0.3) is 16.6 Å². The zero-order valence-corrected chi connectivity index (χ0v) is 17.9. The normalized spacial score (nSPS) is 22.9. The summed E-state index contributed by atoms with van der Waals surface area (Å²) in [6.45, 7) is 6.42. The summed E-state index contributed by atoms with van der Waals surface area (Å²) in [5, 5.41) is 8.01. The highest BCUT2D eigenvalue weighted by Gasteiger charge is 2.49. The molecule has 30 heavy (non-hydrogen) atoms. The molecule has 1 saturated carbocycles. The molecule has 2 heterocycles. The third-order valence-electron chi connectivity index (χ3n) is 6.92. The second kappa shape index (κ2) is 7.02. The predicted molar refractivity (Wildman–Crippen MR) is 119 cm³/mol. The zero-order valence-electron chi connectivity index (χ0n) is 17.9. The zero-order chi connectivity index (χ0) is 21.7. The number of methoxy groups -OCH3 is 1. The van der Waals surface area contributed by atoms with E-state index in [4.69, 9.17) is 16.2 Å². The first-order chi connectivity index (χ1) is 14.1. The molecule has 1 aliphatic rings. The summed E-state index contributed by atoms with van der Waals surface area (Å²) in [6.07, 6.45) is 5.28. The molecule has 0 unspecified atom stereocenters. The molecule has 7 heteroatoms. The third-order valence-corrected chi connectivity index (χ3v) is 6.92. The number of benzene rings is 1. The van der Waals surface area contributed by atoms with Crippen LogP contribution in [0.15, 0.2) is 42.7 Å². The second-order valence-corrected chi connectivity index (χ2v) is 8.96. The van der Waals surface area contributed by atoms with Crippen molar-refractivity contribution in [2.45, 2.75) is 45.2 Å². The van der Waals surface area contributed by atoms with Crippen LogP contribution in [-0.2, 0) is 0 Å². The van der Waals surface area contributed by atoms with Crippen LogP contribution in [0.3, 0.4) is 0 Å². The molecule has 4 rings (SSSR count). The number of nitrogens with one attached hydrogen (secondary N) is 1. The van der Waals surface area contributed by atoms with E-state index in [1.54, 1.807) is 11.6 Å². The van der Waals surface area contributed by atoms with Gasteiger partial charge in [-0.05, 0) is 43.5 Å². The summed E-state index contributed by atoms with van der Waals surface area (Å²) in [7, 11) is 1.65. The van der Waals surface area contributed by atoms with Gasteiger partial charge in [-0.2, -0.15) is 5.10 Å². The minimum Gasteiger partial charge on any atom is -0.497 e. The maximum absolute atomic E-state index is 12.2. The van der Waals surface area contributed by atoms with E-state index in [0.29, 0.717) is 11.3 Å². The number of ether oxygens (including phenoxy) is 1. The second-order valence-electron chi connectivity index (χ2n) is 8.96. The SMILES string of the molecule is COc1cccc(-c2cc3c(N[C@@H]4CC[C@](C)(N)C4(C)C)c(C(N)=O)cnn3c2)c1. The van der Waals surface area contributed by atoms with Gasteiger partial charge in [-0.25, -0.2) is 4.52 Å². The summed E-state index contributed by atoms with van der Waals surface area (Å²) in [4.78, 5) is 12.2. The van der Waals surface area contributed by atoms with E-state index < -0.39 is 5.91 Å². The molecule has 158 valence electrons. The molecule has 2 aromatic heterocycles. The van der Waals surface area contributed by atoms with Gasteiger partial charge in [0.2, 0.25) is 0 Å². The van der Waals surface area contributed by atoms with Crippen LogP contribution < -0.4 is 21.5 Å². The minimum absolute atomic E-state index is 0.104. The smallest absolute Gasteiger partial charge is 0.252 e. The van der Waals surface area contributed by atoms with E-state index in [0.717, 1.165) is 35.2 Å². The fourth-order valence-electron chi connectivity index (χ4n) is 4.31.